The zero-order chi connectivity index (χ0) is 12.5. The molecule has 0 saturated carbocycles. The Labute approximate surface area is 108 Å². The molecule has 2 aliphatic rings. The Kier molecular flexibility index (Phi) is 3.07. The van der Waals surface area contributed by atoms with E-state index in [1.54, 1.807) is 0 Å². The number of nitrogens with zero attached hydrogens (tertiary/aromatic N) is 3. The zero-order valence-electron chi connectivity index (χ0n) is 11.1. The van der Waals surface area contributed by atoms with E-state index in [1.807, 2.05) is 31.3 Å². The molecular weight excluding hydrogens is 226 g/mol. The molecule has 5 heteroatoms. The van der Waals surface area contributed by atoms with Gasteiger partial charge in [0.15, 0.2) is 0 Å². The standard InChI is InChI=1S/C13H21N5/c1-18(2)13-14-6-5-12(17-13)16-11-7-9-3-4-10(8-11)15-9/h5-6,9-11,15H,3-4,7-8H2,1-2H3,(H,14,16,17). The molecule has 18 heavy (non-hydrogen) atoms. The van der Waals surface area contributed by atoms with Gasteiger partial charge in [-0.3, -0.25) is 0 Å². The Bertz CT molecular complexity index is 408. The van der Waals surface area contributed by atoms with E-state index in [1.165, 1.54) is 25.7 Å². The number of aromatic nitrogens is 2. The number of piperidine rings is 1. The van der Waals surface area contributed by atoms with Crippen molar-refractivity contribution in [3.63, 3.8) is 0 Å². The second kappa shape index (κ2) is 4.72. The van der Waals surface area contributed by atoms with Crippen LogP contribution in [-0.2, 0) is 0 Å². The van der Waals surface area contributed by atoms with Crippen LogP contribution in [0.3, 0.4) is 0 Å². The largest absolute Gasteiger partial charge is 0.367 e. The average Bonchev–Trinajstić information content (AvgIpc) is 2.69. The Morgan fingerprint density at radius 3 is 2.67 bits per heavy atom. The van der Waals surface area contributed by atoms with E-state index in [9.17, 15) is 0 Å². The first-order valence-electron chi connectivity index (χ1n) is 6.73. The predicted octanol–water partition coefficient (Wildman–Crippen LogP) is 1.24. The molecule has 2 fully saturated rings. The maximum Gasteiger partial charge on any atom is 0.226 e. The smallest absolute Gasteiger partial charge is 0.226 e. The lowest BCUT2D eigenvalue weighted by molar-refractivity contribution is 0.377. The van der Waals surface area contributed by atoms with Gasteiger partial charge < -0.3 is 15.5 Å². The highest BCUT2D eigenvalue weighted by atomic mass is 15.2. The summed E-state index contributed by atoms with van der Waals surface area (Å²) in [6.45, 7) is 0. The fourth-order valence-electron chi connectivity index (χ4n) is 3.03. The summed E-state index contributed by atoms with van der Waals surface area (Å²) in [5, 5.41) is 7.21. The molecule has 1 aromatic heterocycles. The summed E-state index contributed by atoms with van der Waals surface area (Å²) in [6, 6.07) is 3.91. The molecule has 0 aliphatic carbocycles. The van der Waals surface area contributed by atoms with Crippen molar-refractivity contribution in [1.29, 1.82) is 0 Å². The van der Waals surface area contributed by atoms with E-state index in [0.717, 1.165) is 11.8 Å². The lowest BCUT2D eigenvalue weighted by Gasteiger charge is -2.30. The van der Waals surface area contributed by atoms with Crippen LogP contribution in [0.5, 0.6) is 0 Å². The molecule has 98 valence electrons. The first-order chi connectivity index (χ1) is 8.70. The minimum absolute atomic E-state index is 0.550. The topological polar surface area (TPSA) is 53.1 Å². The van der Waals surface area contributed by atoms with Gasteiger partial charge in [0.2, 0.25) is 5.95 Å². The Balaban J connectivity index is 1.67. The molecule has 0 amide bonds. The monoisotopic (exact) mass is 247 g/mol. The van der Waals surface area contributed by atoms with Crippen LogP contribution in [0.4, 0.5) is 11.8 Å². The highest BCUT2D eigenvalue weighted by Gasteiger charge is 2.33. The molecule has 0 aromatic carbocycles. The van der Waals surface area contributed by atoms with Crippen molar-refractivity contribution in [1.82, 2.24) is 15.3 Å². The maximum atomic E-state index is 4.52. The van der Waals surface area contributed by atoms with Crippen LogP contribution < -0.4 is 15.5 Å². The summed E-state index contributed by atoms with van der Waals surface area (Å²) >= 11 is 0. The van der Waals surface area contributed by atoms with E-state index >= 15 is 0 Å². The van der Waals surface area contributed by atoms with Gasteiger partial charge in [0.1, 0.15) is 5.82 Å². The van der Waals surface area contributed by atoms with Gasteiger partial charge in [0, 0.05) is 38.4 Å². The van der Waals surface area contributed by atoms with Crippen molar-refractivity contribution in [2.75, 3.05) is 24.3 Å². The second-order valence-corrected chi connectivity index (χ2v) is 5.59. The first kappa shape index (κ1) is 11.7. The number of fused-ring (bicyclic) bond motifs is 2. The summed E-state index contributed by atoms with van der Waals surface area (Å²) in [6.07, 6.45) is 6.89. The fourth-order valence-corrected chi connectivity index (χ4v) is 3.03. The fraction of sp³-hybridized carbons (Fsp3) is 0.692. The van der Waals surface area contributed by atoms with E-state index < -0.39 is 0 Å². The SMILES string of the molecule is CN(C)c1nccc(NC2CC3CCC(C2)N3)n1. The zero-order valence-corrected chi connectivity index (χ0v) is 11.1. The molecular formula is C13H21N5. The number of hydrogen-bond donors (Lipinski definition) is 2. The van der Waals surface area contributed by atoms with Crippen LogP contribution in [0.2, 0.25) is 0 Å². The van der Waals surface area contributed by atoms with Crippen molar-refractivity contribution in [2.24, 2.45) is 0 Å². The van der Waals surface area contributed by atoms with Crippen molar-refractivity contribution in [3.8, 4) is 0 Å². The second-order valence-electron chi connectivity index (χ2n) is 5.59. The highest BCUT2D eigenvalue weighted by molar-refractivity contribution is 5.41. The highest BCUT2D eigenvalue weighted by Crippen LogP contribution is 2.28. The van der Waals surface area contributed by atoms with Gasteiger partial charge in [-0.1, -0.05) is 0 Å². The molecule has 3 rings (SSSR count). The molecule has 2 saturated heterocycles. The Hall–Kier alpha value is -1.36. The molecule has 2 atom stereocenters. The lowest BCUT2D eigenvalue weighted by atomic mass is 10.00. The quantitative estimate of drug-likeness (QED) is 0.841. The summed E-state index contributed by atoms with van der Waals surface area (Å²) in [4.78, 5) is 10.7. The molecule has 3 heterocycles. The van der Waals surface area contributed by atoms with Crippen LogP contribution in [0.1, 0.15) is 25.7 Å². The molecule has 2 unspecified atom stereocenters. The van der Waals surface area contributed by atoms with Crippen molar-refractivity contribution in [2.45, 2.75) is 43.8 Å². The van der Waals surface area contributed by atoms with Gasteiger partial charge in [-0.05, 0) is 31.7 Å². The van der Waals surface area contributed by atoms with Crippen LogP contribution in [-0.4, -0.2) is 42.2 Å². The summed E-state index contributed by atoms with van der Waals surface area (Å²) in [5.74, 6) is 1.71. The van der Waals surface area contributed by atoms with Gasteiger partial charge in [0.25, 0.3) is 0 Å². The van der Waals surface area contributed by atoms with Gasteiger partial charge in [-0.15, -0.1) is 0 Å². The van der Waals surface area contributed by atoms with Crippen LogP contribution in [0, 0.1) is 0 Å². The Morgan fingerprint density at radius 2 is 2.00 bits per heavy atom. The number of rotatable bonds is 3. The molecule has 2 aliphatic heterocycles. The van der Waals surface area contributed by atoms with Gasteiger partial charge in [-0.25, -0.2) is 4.98 Å². The van der Waals surface area contributed by atoms with E-state index in [-0.39, 0.29) is 0 Å². The molecule has 2 N–H and O–H groups in total. The third-order valence-corrected chi connectivity index (χ3v) is 3.87. The van der Waals surface area contributed by atoms with E-state index in [4.69, 9.17) is 0 Å². The normalized spacial score (nSPS) is 30.2. The van der Waals surface area contributed by atoms with Crippen LogP contribution in [0.15, 0.2) is 12.3 Å². The minimum atomic E-state index is 0.550. The predicted molar refractivity (Wildman–Crippen MR) is 72.9 cm³/mol. The number of hydrogen-bond acceptors (Lipinski definition) is 5. The average molecular weight is 247 g/mol. The number of nitrogens with one attached hydrogen (secondary N) is 2. The summed E-state index contributed by atoms with van der Waals surface area (Å²) in [5.41, 5.74) is 0. The molecule has 0 radical (unpaired) electrons. The van der Waals surface area contributed by atoms with Crippen molar-refractivity contribution in [3.05, 3.63) is 12.3 Å². The molecule has 0 spiro atoms. The molecule has 5 nitrogen and oxygen atoms in total. The molecule has 1 aromatic rings. The lowest BCUT2D eigenvalue weighted by Crippen LogP contribution is -2.43. The van der Waals surface area contributed by atoms with E-state index in [0.29, 0.717) is 18.1 Å². The Morgan fingerprint density at radius 1 is 1.28 bits per heavy atom. The third kappa shape index (κ3) is 2.41. The summed E-state index contributed by atoms with van der Waals surface area (Å²) in [7, 11) is 3.92. The van der Waals surface area contributed by atoms with Crippen LogP contribution >= 0.6 is 0 Å². The first-order valence-corrected chi connectivity index (χ1v) is 6.73. The number of anilines is 2. The molecule has 2 bridgehead atoms. The minimum Gasteiger partial charge on any atom is -0.367 e. The van der Waals surface area contributed by atoms with Crippen molar-refractivity contribution >= 4 is 11.8 Å². The van der Waals surface area contributed by atoms with Gasteiger partial charge in [-0.2, -0.15) is 4.98 Å². The van der Waals surface area contributed by atoms with Crippen molar-refractivity contribution < 1.29 is 0 Å². The van der Waals surface area contributed by atoms with Gasteiger partial charge >= 0.3 is 0 Å². The van der Waals surface area contributed by atoms with Crippen LogP contribution in [0.25, 0.3) is 0 Å². The summed E-state index contributed by atoms with van der Waals surface area (Å²) < 4.78 is 0. The third-order valence-electron chi connectivity index (χ3n) is 3.87. The maximum absolute atomic E-state index is 4.52. The van der Waals surface area contributed by atoms with Gasteiger partial charge in [0.05, 0.1) is 0 Å². The van der Waals surface area contributed by atoms with E-state index in [2.05, 4.69) is 20.6 Å².